The van der Waals surface area contributed by atoms with E-state index >= 15 is 0 Å². The first-order valence-electron chi connectivity index (χ1n) is 3.94. The molecule has 0 spiro atoms. The fourth-order valence-corrected chi connectivity index (χ4v) is 0.916. The number of carbonyl (C=O) groups is 1. The third kappa shape index (κ3) is 1.91. The Hall–Kier alpha value is -1.69. The Balaban J connectivity index is 3.17. The van der Waals surface area contributed by atoms with Gasteiger partial charge >= 0.3 is 0 Å². The number of hydrogen-bond acceptors (Lipinski definition) is 3. The van der Waals surface area contributed by atoms with E-state index in [1.807, 2.05) is 6.07 Å². The maximum Gasteiger partial charge on any atom is 0.140 e. The number of pyridine rings is 1. The van der Waals surface area contributed by atoms with Crippen LogP contribution in [0.15, 0.2) is 18.2 Å². The van der Waals surface area contributed by atoms with Gasteiger partial charge in [-0.2, -0.15) is 5.26 Å². The molecule has 0 aliphatic heterocycles. The maximum absolute atomic E-state index is 10.7. The van der Waals surface area contributed by atoms with Gasteiger partial charge in [-0.3, -0.25) is 0 Å². The topological polar surface area (TPSA) is 53.8 Å². The second-order valence-electron chi connectivity index (χ2n) is 3.36. The van der Waals surface area contributed by atoms with E-state index in [1.54, 1.807) is 32.0 Å². The fraction of sp³-hybridized carbons (Fsp3) is 0.300. The second kappa shape index (κ2) is 3.36. The molecule has 13 heavy (non-hydrogen) atoms. The average Bonchev–Trinajstić information content (AvgIpc) is 2.18. The molecule has 66 valence electrons. The van der Waals surface area contributed by atoms with Crippen molar-refractivity contribution in [1.82, 2.24) is 4.98 Å². The maximum atomic E-state index is 10.7. The molecule has 0 fully saturated rings. The lowest BCUT2D eigenvalue weighted by Gasteiger charge is -2.15. The van der Waals surface area contributed by atoms with Crippen LogP contribution in [0.25, 0.3) is 0 Å². The molecule has 0 N–H and O–H groups in total. The minimum Gasteiger partial charge on any atom is -0.302 e. The summed E-state index contributed by atoms with van der Waals surface area (Å²) in [6.45, 7) is 3.53. The first kappa shape index (κ1) is 9.40. The number of nitriles is 1. The van der Waals surface area contributed by atoms with Gasteiger partial charge in [0.15, 0.2) is 0 Å². The number of aromatic nitrogens is 1. The number of rotatable bonds is 2. The zero-order valence-corrected chi connectivity index (χ0v) is 7.61. The molecule has 0 aliphatic rings. The Kier molecular flexibility index (Phi) is 2.43. The van der Waals surface area contributed by atoms with E-state index in [-0.39, 0.29) is 0 Å². The minimum atomic E-state index is -0.618. The van der Waals surface area contributed by atoms with Crippen LogP contribution in [0.2, 0.25) is 0 Å². The molecule has 0 atom stereocenters. The van der Waals surface area contributed by atoms with Gasteiger partial charge in [0.25, 0.3) is 0 Å². The second-order valence-corrected chi connectivity index (χ2v) is 3.36. The zero-order chi connectivity index (χ0) is 9.90. The predicted molar refractivity (Wildman–Crippen MR) is 48.0 cm³/mol. The van der Waals surface area contributed by atoms with Crippen LogP contribution in [0.5, 0.6) is 0 Å². The molecule has 0 aliphatic carbocycles. The van der Waals surface area contributed by atoms with Crippen LogP contribution < -0.4 is 0 Å². The largest absolute Gasteiger partial charge is 0.302 e. The normalized spacial score (nSPS) is 10.5. The number of carbonyl (C=O) groups excluding carboxylic acids is 1. The number of nitrogens with zero attached hydrogens (tertiary/aromatic N) is 2. The van der Waals surface area contributed by atoms with Crippen LogP contribution >= 0.6 is 0 Å². The highest BCUT2D eigenvalue weighted by atomic mass is 16.1. The summed E-state index contributed by atoms with van der Waals surface area (Å²) in [7, 11) is 0. The van der Waals surface area contributed by atoms with Gasteiger partial charge in [0.2, 0.25) is 0 Å². The van der Waals surface area contributed by atoms with Crippen molar-refractivity contribution in [1.29, 1.82) is 5.26 Å². The van der Waals surface area contributed by atoms with Crippen molar-refractivity contribution in [2.45, 2.75) is 19.3 Å². The van der Waals surface area contributed by atoms with E-state index < -0.39 is 5.41 Å². The van der Waals surface area contributed by atoms with Crippen molar-refractivity contribution in [3.63, 3.8) is 0 Å². The first-order chi connectivity index (χ1) is 6.10. The zero-order valence-electron chi connectivity index (χ0n) is 7.61. The van der Waals surface area contributed by atoms with Crippen LogP contribution in [-0.4, -0.2) is 11.3 Å². The molecule has 1 aromatic rings. The van der Waals surface area contributed by atoms with Crippen LogP contribution in [0.4, 0.5) is 0 Å². The minimum absolute atomic E-state index is 0.340. The molecule has 0 saturated carbocycles. The number of hydrogen-bond donors (Lipinski definition) is 0. The summed E-state index contributed by atoms with van der Waals surface area (Å²) < 4.78 is 0. The molecule has 0 aromatic carbocycles. The predicted octanol–water partition coefficient (Wildman–Crippen LogP) is 1.43. The first-order valence-corrected chi connectivity index (χ1v) is 3.94. The summed E-state index contributed by atoms with van der Waals surface area (Å²) in [5.74, 6) is 0. The highest BCUT2D eigenvalue weighted by molar-refractivity contribution is 5.65. The molecule has 1 heterocycles. The summed E-state index contributed by atoms with van der Waals surface area (Å²) in [6.07, 6.45) is 0.830. The smallest absolute Gasteiger partial charge is 0.140 e. The van der Waals surface area contributed by atoms with Crippen molar-refractivity contribution >= 4 is 6.29 Å². The third-order valence-electron chi connectivity index (χ3n) is 1.82. The Bertz CT molecular complexity index is 363. The molecule has 0 radical (unpaired) electrons. The van der Waals surface area contributed by atoms with E-state index in [2.05, 4.69) is 4.98 Å². The highest BCUT2D eigenvalue weighted by Crippen LogP contribution is 2.17. The number of aldehydes is 1. The lowest BCUT2D eigenvalue weighted by atomic mass is 9.91. The fourth-order valence-electron chi connectivity index (χ4n) is 0.916. The Morgan fingerprint density at radius 2 is 2.23 bits per heavy atom. The van der Waals surface area contributed by atoms with Crippen LogP contribution in [0.1, 0.15) is 25.2 Å². The molecule has 1 rings (SSSR count). The molecule has 3 nitrogen and oxygen atoms in total. The lowest BCUT2D eigenvalue weighted by molar-refractivity contribution is -0.111. The van der Waals surface area contributed by atoms with Crippen molar-refractivity contribution in [3.8, 4) is 6.07 Å². The van der Waals surface area contributed by atoms with Gasteiger partial charge in [0.1, 0.15) is 18.0 Å². The molecular formula is C10H10N2O. The van der Waals surface area contributed by atoms with Gasteiger partial charge in [-0.15, -0.1) is 0 Å². The van der Waals surface area contributed by atoms with Crippen LogP contribution in [0, 0.1) is 11.3 Å². The summed E-state index contributed by atoms with van der Waals surface area (Å²) in [5.41, 5.74) is 0.348. The SMILES string of the molecule is CC(C)(C=O)c1cccc(C#N)n1. The summed E-state index contributed by atoms with van der Waals surface area (Å²) in [6, 6.07) is 7.03. The van der Waals surface area contributed by atoms with E-state index in [0.717, 1.165) is 6.29 Å². The lowest BCUT2D eigenvalue weighted by Crippen LogP contribution is -2.20. The monoisotopic (exact) mass is 174 g/mol. The summed E-state index contributed by atoms with van der Waals surface area (Å²) in [5, 5.41) is 8.60. The van der Waals surface area contributed by atoms with Crippen molar-refractivity contribution in [2.24, 2.45) is 0 Å². The van der Waals surface area contributed by atoms with Gasteiger partial charge in [-0.05, 0) is 26.0 Å². The molecule has 1 aromatic heterocycles. The van der Waals surface area contributed by atoms with Gasteiger partial charge in [0.05, 0.1) is 11.1 Å². The van der Waals surface area contributed by atoms with E-state index in [1.165, 1.54) is 0 Å². The van der Waals surface area contributed by atoms with Gasteiger partial charge < -0.3 is 4.79 Å². The molecule has 0 amide bonds. The average molecular weight is 174 g/mol. The Morgan fingerprint density at radius 3 is 2.77 bits per heavy atom. The van der Waals surface area contributed by atoms with E-state index in [9.17, 15) is 4.79 Å². The van der Waals surface area contributed by atoms with Crippen molar-refractivity contribution < 1.29 is 4.79 Å². The third-order valence-corrected chi connectivity index (χ3v) is 1.82. The summed E-state index contributed by atoms with van der Waals surface area (Å²) in [4.78, 5) is 14.7. The quantitative estimate of drug-likeness (QED) is 0.637. The summed E-state index contributed by atoms with van der Waals surface area (Å²) >= 11 is 0. The van der Waals surface area contributed by atoms with Gasteiger partial charge in [0, 0.05) is 0 Å². The molecule has 0 unspecified atom stereocenters. The Labute approximate surface area is 77.0 Å². The molecule has 0 bridgehead atoms. The van der Waals surface area contributed by atoms with Crippen molar-refractivity contribution in [3.05, 3.63) is 29.6 Å². The van der Waals surface area contributed by atoms with E-state index in [4.69, 9.17) is 5.26 Å². The van der Waals surface area contributed by atoms with Gasteiger partial charge in [-0.25, -0.2) is 4.98 Å². The highest BCUT2D eigenvalue weighted by Gasteiger charge is 2.20. The van der Waals surface area contributed by atoms with Gasteiger partial charge in [-0.1, -0.05) is 6.07 Å². The standard InChI is InChI=1S/C10H10N2O/c1-10(2,7-13)9-5-3-4-8(6-11)12-9/h3-5,7H,1-2H3. The van der Waals surface area contributed by atoms with Crippen molar-refractivity contribution in [2.75, 3.05) is 0 Å². The Morgan fingerprint density at radius 1 is 1.54 bits per heavy atom. The molecular weight excluding hydrogens is 164 g/mol. The molecule has 3 heteroatoms. The van der Waals surface area contributed by atoms with E-state index in [0.29, 0.717) is 11.4 Å². The molecule has 0 saturated heterocycles. The van der Waals surface area contributed by atoms with Crippen LogP contribution in [0.3, 0.4) is 0 Å². The van der Waals surface area contributed by atoms with Crippen LogP contribution in [-0.2, 0) is 10.2 Å².